The molecule has 9 atom stereocenters. The maximum atomic E-state index is 12.8. The summed E-state index contributed by atoms with van der Waals surface area (Å²) in [4.78, 5) is 28.7. The summed E-state index contributed by atoms with van der Waals surface area (Å²) in [5.74, 6) is 6.21. The van der Waals surface area contributed by atoms with Crippen LogP contribution < -0.4 is 5.32 Å². The highest BCUT2D eigenvalue weighted by molar-refractivity contribution is 8.00. The molecule has 1 amide bonds. The van der Waals surface area contributed by atoms with Gasteiger partial charge in [-0.25, -0.2) is 4.79 Å². The van der Waals surface area contributed by atoms with Crippen molar-refractivity contribution in [3.63, 3.8) is 0 Å². The molecular formula is C39H65N3O4S. The van der Waals surface area contributed by atoms with E-state index in [1.54, 1.807) is 4.90 Å². The zero-order valence-corrected chi connectivity index (χ0v) is 31.3. The lowest BCUT2D eigenvalue weighted by Crippen LogP contribution is -2.70. The number of allylic oxidation sites excluding steroid dienone is 1. The molecule has 0 unspecified atom stereocenters. The average molecular weight is 672 g/mol. The third kappa shape index (κ3) is 5.57. The van der Waals surface area contributed by atoms with Crippen LogP contribution in [0.3, 0.4) is 0 Å². The van der Waals surface area contributed by atoms with E-state index in [9.17, 15) is 18.9 Å². The Morgan fingerprint density at radius 3 is 2.26 bits per heavy atom. The first-order chi connectivity index (χ1) is 21.9. The fraction of sp³-hybridized carbons (Fsp3) is 0.872. The molecule has 2 N–H and O–H groups in total. The van der Waals surface area contributed by atoms with Gasteiger partial charge in [0.15, 0.2) is 0 Å². The maximum Gasteiger partial charge on any atom is 0.394 e. The highest BCUT2D eigenvalue weighted by Gasteiger charge is 2.71. The molecule has 47 heavy (non-hydrogen) atoms. The van der Waals surface area contributed by atoms with E-state index in [-0.39, 0.29) is 16.2 Å². The molecule has 0 bridgehead atoms. The number of nitrogens with one attached hydrogen (secondary N) is 1. The molecule has 0 radical (unpaired) electrons. The van der Waals surface area contributed by atoms with Crippen molar-refractivity contribution in [3.05, 3.63) is 12.2 Å². The van der Waals surface area contributed by atoms with Crippen LogP contribution in [0.1, 0.15) is 106 Å². The molecule has 6 fully saturated rings. The number of hydrogen-bond donors (Lipinski definition) is 2. The summed E-state index contributed by atoms with van der Waals surface area (Å²) in [5.41, 5.74) is 1.84. The number of rotatable bonds is 7. The van der Waals surface area contributed by atoms with Crippen LogP contribution in [0.5, 0.6) is 0 Å². The van der Waals surface area contributed by atoms with Gasteiger partial charge in [-0.3, -0.25) is 9.00 Å². The van der Waals surface area contributed by atoms with Gasteiger partial charge in [0.2, 0.25) is 0 Å². The summed E-state index contributed by atoms with van der Waals surface area (Å²) in [5, 5.41) is 13.6. The summed E-state index contributed by atoms with van der Waals surface area (Å²) in [6.07, 6.45) is 11.9. The number of carbonyl (C=O) groups excluding carboxylic acids is 1. The number of aliphatic carboxylic acids is 1. The first kappa shape index (κ1) is 35.4. The number of piperidine rings is 1. The van der Waals surface area contributed by atoms with E-state index in [1.165, 1.54) is 50.5 Å². The van der Waals surface area contributed by atoms with Crippen molar-refractivity contribution in [1.29, 1.82) is 0 Å². The van der Waals surface area contributed by atoms with Crippen molar-refractivity contribution >= 4 is 27.3 Å². The first-order valence-electron chi connectivity index (χ1n) is 18.9. The van der Waals surface area contributed by atoms with Gasteiger partial charge in [0.05, 0.1) is 0 Å². The van der Waals surface area contributed by atoms with E-state index >= 15 is 0 Å². The second-order valence-electron chi connectivity index (χ2n) is 18.5. The lowest BCUT2D eigenvalue weighted by atomic mass is 9.33. The predicted molar refractivity (Wildman–Crippen MR) is 193 cm³/mol. The van der Waals surface area contributed by atoms with Gasteiger partial charge in [0.1, 0.15) is 0 Å². The normalized spacial score (nSPS) is 44.0. The average Bonchev–Trinajstić information content (AvgIpc) is 3.37. The summed E-state index contributed by atoms with van der Waals surface area (Å²) in [6, 6.07) is 0. The topological polar surface area (TPSA) is 90.0 Å². The molecule has 0 spiro atoms. The molecule has 6 aliphatic rings. The number of fused-ring (bicyclic) bond motifs is 7. The Kier molecular flexibility index (Phi) is 9.16. The van der Waals surface area contributed by atoms with Gasteiger partial charge in [-0.15, -0.1) is 0 Å². The van der Waals surface area contributed by atoms with E-state index in [4.69, 9.17) is 0 Å². The predicted octanol–water partition coefficient (Wildman–Crippen LogP) is 5.93. The van der Waals surface area contributed by atoms with Crippen molar-refractivity contribution in [2.75, 3.05) is 50.8 Å². The van der Waals surface area contributed by atoms with Crippen LogP contribution in [0.2, 0.25) is 0 Å². The monoisotopic (exact) mass is 671 g/mol. The van der Waals surface area contributed by atoms with Gasteiger partial charge in [0, 0.05) is 43.2 Å². The van der Waals surface area contributed by atoms with Gasteiger partial charge in [-0.1, -0.05) is 32.9 Å². The van der Waals surface area contributed by atoms with Gasteiger partial charge < -0.3 is 20.2 Å². The highest BCUT2D eigenvalue weighted by Crippen LogP contribution is 2.76. The summed E-state index contributed by atoms with van der Waals surface area (Å²) in [7, 11) is -1.84. The van der Waals surface area contributed by atoms with Crippen molar-refractivity contribution in [2.24, 2.45) is 51.2 Å². The molecule has 2 heterocycles. The van der Waals surface area contributed by atoms with Crippen LogP contribution in [-0.2, 0) is 19.1 Å². The van der Waals surface area contributed by atoms with Crippen molar-refractivity contribution in [2.45, 2.75) is 111 Å². The molecular weight excluding hydrogens is 607 g/mol. The number of carboxylic acid groups (broad SMARTS) is 1. The summed E-state index contributed by atoms with van der Waals surface area (Å²) < 4.78 is 12.3. The highest BCUT2D eigenvalue weighted by atomic mass is 32.2. The van der Waals surface area contributed by atoms with E-state index in [0.717, 1.165) is 63.5 Å². The van der Waals surface area contributed by atoms with E-state index < -0.39 is 26.9 Å². The minimum absolute atomic E-state index is 0.0950. The molecule has 0 aromatic rings. The first-order valence-corrected chi connectivity index (χ1v) is 20.9. The molecule has 2 saturated heterocycles. The number of nitrogens with zero attached hydrogens (tertiary/aromatic N) is 2. The van der Waals surface area contributed by atoms with E-state index in [1.807, 2.05) is 0 Å². The third-order valence-corrected chi connectivity index (χ3v) is 18.1. The summed E-state index contributed by atoms with van der Waals surface area (Å²) in [6.45, 7) is 24.6. The molecule has 0 aromatic heterocycles. The molecule has 266 valence electrons. The van der Waals surface area contributed by atoms with Crippen LogP contribution in [-0.4, -0.2) is 93.2 Å². The molecule has 4 aliphatic carbocycles. The standard InChI is InChI=1S/C39H65N3O4S/c1-27(2)28-12-15-39(26-40-19-9-20-41-22-24-47(8,46)25-23-41)17-16-37(6)29(32(28)39)10-11-31-36(5)18-21-42(33(43)34(44)45)35(3,4)30(36)13-14-38(31,37)7/h28-32,40H,1,8-26H2,2-7H3,(H,44,45)/t28-,29+,30-,31+,32+,36-,37+,38+,39+/m0/s1. The fourth-order valence-electron chi connectivity index (χ4n) is 13.6. The Morgan fingerprint density at radius 1 is 0.894 bits per heavy atom. The lowest BCUT2D eigenvalue weighted by molar-refractivity contribution is -0.241. The third-order valence-electron chi connectivity index (χ3n) is 16.2. The van der Waals surface area contributed by atoms with E-state index in [2.05, 4.69) is 64.2 Å². The smallest absolute Gasteiger partial charge is 0.394 e. The minimum Gasteiger partial charge on any atom is -0.474 e. The molecule has 6 rings (SSSR count). The number of carbonyl (C=O) groups is 2. The van der Waals surface area contributed by atoms with Gasteiger partial charge in [-0.2, -0.15) is 0 Å². The zero-order valence-electron chi connectivity index (χ0n) is 30.5. The lowest BCUT2D eigenvalue weighted by Gasteiger charge is -2.73. The Bertz CT molecular complexity index is 1360. The van der Waals surface area contributed by atoms with Crippen molar-refractivity contribution in [1.82, 2.24) is 15.1 Å². The van der Waals surface area contributed by atoms with Crippen LogP contribution >= 0.6 is 0 Å². The number of carboxylic acids is 1. The van der Waals surface area contributed by atoms with Crippen LogP contribution in [0.4, 0.5) is 0 Å². The second kappa shape index (κ2) is 12.1. The Hall–Kier alpha value is -1.38. The van der Waals surface area contributed by atoms with Crippen molar-refractivity contribution < 1.29 is 18.9 Å². The van der Waals surface area contributed by atoms with Crippen LogP contribution in [0.15, 0.2) is 12.2 Å². The van der Waals surface area contributed by atoms with Gasteiger partial charge in [0.25, 0.3) is 0 Å². The zero-order chi connectivity index (χ0) is 34.2. The molecule has 7 nitrogen and oxygen atoms in total. The largest absolute Gasteiger partial charge is 0.474 e. The maximum absolute atomic E-state index is 12.8. The van der Waals surface area contributed by atoms with Gasteiger partial charge in [-0.05, 0) is 165 Å². The van der Waals surface area contributed by atoms with E-state index in [0.29, 0.717) is 41.5 Å². The molecule has 2 aliphatic heterocycles. The second-order valence-corrected chi connectivity index (χ2v) is 21.2. The van der Waals surface area contributed by atoms with Crippen LogP contribution in [0, 0.1) is 51.2 Å². The molecule has 4 saturated carbocycles. The number of likely N-dealkylation sites (tertiary alicyclic amines) is 1. The molecule has 8 heteroatoms. The summed E-state index contributed by atoms with van der Waals surface area (Å²) >= 11 is 0. The van der Waals surface area contributed by atoms with Crippen LogP contribution in [0.25, 0.3) is 0 Å². The Balaban J connectivity index is 1.19. The number of hydrogen-bond acceptors (Lipinski definition) is 5. The Morgan fingerprint density at radius 2 is 1.60 bits per heavy atom. The van der Waals surface area contributed by atoms with Crippen molar-refractivity contribution in [3.8, 4) is 0 Å². The fourth-order valence-corrected chi connectivity index (χ4v) is 15.0. The Labute approximate surface area is 286 Å². The van der Waals surface area contributed by atoms with Gasteiger partial charge >= 0.3 is 11.9 Å². The number of amides is 1. The minimum atomic E-state index is -1.84. The molecule has 0 aromatic carbocycles. The quantitative estimate of drug-likeness (QED) is 0.151. The SMILES string of the molecule is C=C(C)[C@@H]1CC[C@]2(CNCCCN3CCS(=C)(=O)CC3)CC[C@]3(C)[C@H](CC[C@@H]4[C@@]5(C)CCN(C(=O)C(=O)O)C(C)(C)[C@@H]5CC[C@]43C)[C@@H]12.